The van der Waals surface area contributed by atoms with Crippen LogP contribution in [0.5, 0.6) is 0 Å². The summed E-state index contributed by atoms with van der Waals surface area (Å²) in [6.45, 7) is 0. The summed E-state index contributed by atoms with van der Waals surface area (Å²) in [7, 11) is 0. The molecule has 0 saturated heterocycles. The maximum Gasteiger partial charge on any atom is 0.433 e. The number of pyridine rings is 1. The Hall–Kier alpha value is -2.02. The molecule has 0 amide bonds. The van der Waals surface area contributed by atoms with Crippen molar-refractivity contribution >= 4 is 17.4 Å². The van der Waals surface area contributed by atoms with E-state index in [0.717, 1.165) is 18.2 Å². The molecule has 1 aromatic heterocycles. The van der Waals surface area contributed by atoms with E-state index in [4.69, 9.17) is 11.6 Å². The van der Waals surface area contributed by atoms with E-state index in [-0.39, 0.29) is 11.1 Å². The molecule has 0 aliphatic carbocycles. The largest absolute Gasteiger partial charge is 0.433 e. The molecule has 0 N–H and O–H groups in total. The predicted molar refractivity (Wildman–Crippen MR) is 64.0 cm³/mol. The summed E-state index contributed by atoms with van der Waals surface area (Å²) in [6.07, 6.45) is -4.70. The number of aromatic nitrogens is 1. The van der Waals surface area contributed by atoms with Crippen LogP contribution in [0.2, 0.25) is 5.15 Å². The molecular weight excluding hydrogens is 317 g/mol. The standard InChI is InChI=1S/C13H5ClF5NO/c14-12-7(2-4-10(20-12)13(17,18)19)11(21)6-1-3-8(15)9(16)5-6/h1-5H. The van der Waals surface area contributed by atoms with E-state index in [2.05, 4.69) is 4.98 Å². The van der Waals surface area contributed by atoms with Crippen molar-refractivity contribution in [3.05, 3.63) is 63.9 Å². The average Bonchev–Trinajstić information content (AvgIpc) is 2.40. The van der Waals surface area contributed by atoms with Crippen LogP contribution in [0, 0.1) is 11.6 Å². The van der Waals surface area contributed by atoms with Gasteiger partial charge in [-0.2, -0.15) is 13.2 Å². The molecule has 0 unspecified atom stereocenters. The molecule has 110 valence electrons. The van der Waals surface area contributed by atoms with Crippen molar-refractivity contribution in [2.24, 2.45) is 0 Å². The van der Waals surface area contributed by atoms with Gasteiger partial charge in [0.15, 0.2) is 17.4 Å². The lowest BCUT2D eigenvalue weighted by molar-refractivity contribution is -0.141. The van der Waals surface area contributed by atoms with Crippen LogP contribution in [0.3, 0.4) is 0 Å². The Labute approximate surface area is 120 Å². The van der Waals surface area contributed by atoms with Gasteiger partial charge in [0.2, 0.25) is 0 Å². The molecule has 21 heavy (non-hydrogen) atoms. The summed E-state index contributed by atoms with van der Waals surface area (Å²) in [5.41, 5.74) is -1.85. The van der Waals surface area contributed by atoms with Gasteiger partial charge in [-0.15, -0.1) is 0 Å². The Bertz CT molecular complexity index is 714. The van der Waals surface area contributed by atoms with E-state index >= 15 is 0 Å². The molecule has 0 spiro atoms. The summed E-state index contributed by atoms with van der Waals surface area (Å²) in [6, 6.07) is 3.77. The van der Waals surface area contributed by atoms with Gasteiger partial charge in [0, 0.05) is 5.56 Å². The zero-order valence-electron chi connectivity index (χ0n) is 10.0. The molecule has 0 radical (unpaired) electrons. The van der Waals surface area contributed by atoms with Crippen molar-refractivity contribution in [1.29, 1.82) is 0 Å². The smallest absolute Gasteiger partial charge is 0.288 e. The maximum atomic E-state index is 13.1. The van der Waals surface area contributed by atoms with Gasteiger partial charge in [-0.25, -0.2) is 13.8 Å². The van der Waals surface area contributed by atoms with Gasteiger partial charge in [0.05, 0.1) is 5.56 Å². The first kappa shape index (κ1) is 15.4. The second-order valence-electron chi connectivity index (χ2n) is 3.99. The van der Waals surface area contributed by atoms with Gasteiger partial charge in [-0.3, -0.25) is 4.79 Å². The quantitative estimate of drug-likeness (QED) is 0.470. The van der Waals surface area contributed by atoms with Gasteiger partial charge in [0.25, 0.3) is 0 Å². The van der Waals surface area contributed by atoms with Crippen molar-refractivity contribution in [2.75, 3.05) is 0 Å². The van der Waals surface area contributed by atoms with Crippen LogP contribution in [0.4, 0.5) is 22.0 Å². The van der Waals surface area contributed by atoms with Crippen molar-refractivity contribution < 1.29 is 26.7 Å². The van der Waals surface area contributed by atoms with Gasteiger partial charge < -0.3 is 0 Å². The second kappa shape index (κ2) is 5.40. The lowest BCUT2D eigenvalue weighted by atomic mass is 10.0. The summed E-state index contributed by atoms with van der Waals surface area (Å²) >= 11 is 5.55. The third kappa shape index (κ3) is 3.18. The van der Waals surface area contributed by atoms with Crippen LogP contribution in [0.15, 0.2) is 30.3 Å². The van der Waals surface area contributed by atoms with Crippen molar-refractivity contribution in [1.82, 2.24) is 4.98 Å². The maximum absolute atomic E-state index is 13.1. The molecule has 0 saturated carbocycles. The van der Waals surface area contributed by atoms with E-state index in [1.807, 2.05) is 0 Å². The van der Waals surface area contributed by atoms with E-state index in [1.165, 1.54) is 0 Å². The van der Waals surface area contributed by atoms with Crippen molar-refractivity contribution in [2.45, 2.75) is 6.18 Å². The Morgan fingerprint density at radius 2 is 1.71 bits per heavy atom. The van der Waals surface area contributed by atoms with Crippen molar-refractivity contribution in [3.63, 3.8) is 0 Å². The van der Waals surface area contributed by atoms with Crippen LogP contribution in [0.25, 0.3) is 0 Å². The first-order valence-electron chi connectivity index (χ1n) is 5.43. The lowest BCUT2D eigenvalue weighted by Crippen LogP contribution is -2.11. The number of rotatable bonds is 2. The molecule has 2 nitrogen and oxygen atoms in total. The Balaban J connectivity index is 2.42. The Kier molecular flexibility index (Phi) is 3.95. The topological polar surface area (TPSA) is 30.0 Å². The third-order valence-electron chi connectivity index (χ3n) is 2.57. The van der Waals surface area contributed by atoms with Crippen LogP contribution in [0.1, 0.15) is 21.6 Å². The van der Waals surface area contributed by atoms with Crippen LogP contribution >= 0.6 is 11.6 Å². The minimum Gasteiger partial charge on any atom is -0.288 e. The highest BCUT2D eigenvalue weighted by Gasteiger charge is 2.33. The molecule has 0 fully saturated rings. The van der Waals surface area contributed by atoms with Gasteiger partial charge >= 0.3 is 6.18 Å². The van der Waals surface area contributed by atoms with E-state index < -0.39 is 34.4 Å². The monoisotopic (exact) mass is 321 g/mol. The highest BCUT2D eigenvalue weighted by molar-refractivity contribution is 6.33. The summed E-state index contributed by atoms with van der Waals surface area (Å²) in [4.78, 5) is 15.1. The fraction of sp³-hybridized carbons (Fsp3) is 0.0769. The zero-order chi connectivity index (χ0) is 15.8. The molecule has 0 aliphatic rings. The molecule has 1 heterocycles. The van der Waals surface area contributed by atoms with Crippen LogP contribution in [-0.4, -0.2) is 10.8 Å². The summed E-state index contributed by atoms with van der Waals surface area (Å²) in [5.74, 6) is -3.26. The highest BCUT2D eigenvalue weighted by Crippen LogP contribution is 2.30. The second-order valence-corrected chi connectivity index (χ2v) is 4.35. The molecule has 1 aromatic carbocycles. The molecule has 0 bridgehead atoms. The predicted octanol–water partition coefficient (Wildman–Crippen LogP) is 4.26. The number of alkyl halides is 3. The first-order chi connectivity index (χ1) is 9.70. The fourth-order valence-corrected chi connectivity index (χ4v) is 1.79. The number of hydrogen-bond acceptors (Lipinski definition) is 2. The fourth-order valence-electron chi connectivity index (χ4n) is 1.55. The van der Waals surface area contributed by atoms with Gasteiger partial charge in [0.1, 0.15) is 10.8 Å². The minimum absolute atomic E-state index is 0.252. The molecule has 0 atom stereocenters. The summed E-state index contributed by atoms with van der Waals surface area (Å²) < 4.78 is 63.1. The highest BCUT2D eigenvalue weighted by atomic mass is 35.5. The van der Waals surface area contributed by atoms with E-state index in [9.17, 15) is 26.7 Å². The number of hydrogen-bond donors (Lipinski definition) is 0. The molecule has 2 rings (SSSR count). The number of carbonyl (C=O) groups excluding carboxylic acids is 1. The number of nitrogens with zero attached hydrogens (tertiary/aromatic N) is 1. The number of benzene rings is 1. The number of halogens is 6. The number of carbonyl (C=O) groups is 1. The van der Waals surface area contributed by atoms with Crippen molar-refractivity contribution in [3.8, 4) is 0 Å². The normalized spacial score (nSPS) is 11.5. The van der Waals surface area contributed by atoms with Gasteiger partial charge in [-0.05, 0) is 30.3 Å². The Morgan fingerprint density at radius 3 is 2.24 bits per heavy atom. The van der Waals surface area contributed by atoms with Crippen LogP contribution in [-0.2, 0) is 6.18 Å². The van der Waals surface area contributed by atoms with Crippen LogP contribution < -0.4 is 0 Å². The average molecular weight is 322 g/mol. The van der Waals surface area contributed by atoms with E-state index in [1.54, 1.807) is 0 Å². The SMILES string of the molecule is O=C(c1ccc(F)c(F)c1)c1ccc(C(F)(F)F)nc1Cl. The molecule has 2 aromatic rings. The lowest BCUT2D eigenvalue weighted by Gasteiger charge is -2.08. The van der Waals surface area contributed by atoms with E-state index in [0.29, 0.717) is 12.1 Å². The summed E-state index contributed by atoms with van der Waals surface area (Å²) in [5, 5.41) is -0.667. The molecule has 0 aliphatic heterocycles. The minimum atomic E-state index is -4.70. The van der Waals surface area contributed by atoms with Gasteiger partial charge in [-0.1, -0.05) is 11.6 Å². The first-order valence-corrected chi connectivity index (χ1v) is 5.81. The zero-order valence-corrected chi connectivity index (χ0v) is 10.8. The molecule has 8 heteroatoms. The Morgan fingerprint density at radius 1 is 1.05 bits per heavy atom. The number of ketones is 1. The molecular formula is C13H5ClF5NO. The third-order valence-corrected chi connectivity index (χ3v) is 2.85.